The Morgan fingerprint density at radius 3 is 3.14 bits per heavy atom. The molecule has 0 radical (unpaired) electrons. The fraction of sp³-hybridized carbons (Fsp3) is 0.500. The van der Waals surface area contributed by atoms with Gasteiger partial charge in [0.2, 0.25) is 0 Å². The van der Waals surface area contributed by atoms with Crippen LogP contribution in [0.3, 0.4) is 0 Å². The summed E-state index contributed by atoms with van der Waals surface area (Å²) in [5.74, 6) is 0. The molecule has 14 heavy (non-hydrogen) atoms. The van der Waals surface area contributed by atoms with E-state index in [1.807, 2.05) is 6.08 Å². The van der Waals surface area contributed by atoms with Crippen molar-refractivity contribution in [1.29, 1.82) is 0 Å². The molecule has 1 aromatic rings. The quantitative estimate of drug-likeness (QED) is 0.753. The van der Waals surface area contributed by atoms with E-state index in [2.05, 4.69) is 12.6 Å². The van der Waals surface area contributed by atoms with E-state index >= 15 is 0 Å². The zero-order valence-electron chi connectivity index (χ0n) is 8.33. The minimum atomic E-state index is -0.274. The Bertz CT molecular complexity index is 306. The van der Waals surface area contributed by atoms with Crippen LogP contribution in [0, 0.1) is 0 Å². The summed E-state index contributed by atoms with van der Waals surface area (Å²) in [6, 6.07) is 2.20. The molecule has 0 saturated carbocycles. The van der Waals surface area contributed by atoms with Gasteiger partial charge in [0.25, 0.3) is 0 Å². The first-order valence-corrected chi connectivity index (χ1v) is 6.03. The highest BCUT2D eigenvalue weighted by atomic mass is 32.1. The number of hydrogen-bond donors (Lipinski definition) is 1. The van der Waals surface area contributed by atoms with E-state index in [1.54, 1.807) is 11.3 Å². The third kappa shape index (κ3) is 1.91. The lowest BCUT2D eigenvalue weighted by Crippen LogP contribution is -1.93. The lowest BCUT2D eigenvalue weighted by molar-refractivity contribution is 0.172. The maximum absolute atomic E-state index is 9.87. The zero-order chi connectivity index (χ0) is 9.97. The summed E-state index contributed by atoms with van der Waals surface area (Å²) in [6.07, 6.45) is 7.01. The van der Waals surface area contributed by atoms with E-state index in [0.29, 0.717) is 0 Å². The van der Waals surface area contributed by atoms with Gasteiger partial charge in [0.1, 0.15) is 0 Å². The fourth-order valence-electron chi connectivity index (χ4n) is 1.93. The van der Waals surface area contributed by atoms with Gasteiger partial charge >= 0.3 is 0 Å². The summed E-state index contributed by atoms with van der Waals surface area (Å²) >= 11 is 1.80. The second-order valence-electron chi connectivity index (χ2n) is 3.83. The van der Waals surface area contributed by atoms with Gasteiger partial charge in [0.05, 0.1) is 6.10 Å². The van der Waals surface area contributed by atoms with Crippen LogP contribution in [0.15, 0.2) is 18.7 Å². The Hall–Kier alpha value is -0.600. The van der Waals surface area contributed by atoms with E-state index in [-0.39, 0.29) is 6.10 Å². The minimum Gasteiger partial charge on any atom is -0.388 e. The normalized spacial score (nSPS) is 16.6. The van der Waals surface area contributed by atoms with Crippen LogP contribution in [-0.4, -0.2) is 5.11 Å². The molecule has 1 aliphatic carbocycles. The van der Waals surface area contributed by atoms with Crippen molar-refractivity contribution in [2.24, 2.45) is 0 Å². The molecule has 0 spiro atoms. The summed E-state index contributed by atoms with van der Waals surface area (Å²) in [6.45, 7) is 3.67. The van der Waals surface area contributed by atoms with Gasteiger partial charge in [-0.15, -0.1) is 17.9 Å². The van der Waals surface area contributed by atoms with Crippen LogP contribution in [0.2, 0.25) is 0 Å². The van der Waals surface area contributed by atoms with Crippen molar-refractivity contribution in [1.82, 2.24) is 0 Å². The smallest absolute Gasteiger partial charge is 0.0885 e. The standard InChI is InChI=1S/C12H16OS/c1-2-3-6-10(13)12-8-9-5-4-7-11(9)14-12/h2,8,10,13H,1,3-7H2. The summed E-state index contributed by atoms with van der Waals surface area (Å²) in [4.78, 5) is 2.65. The molecule has 1 N–H and O–H groups in total. The molecule has 1 nitrogen and oxygen atoms in total. The van der Waals surface area contributed by atoms with Gasteiger partial charge < -0.3 is 5.11 Å². The largest absolute Gasteiger partial charge is 0.388 e. The molecule has 0 fully saturated rings. The Morgan fingerprint density at radius 1 is 1.57 bits per heavy atom. The second-order valence-corrected chi connectivity index (χ2v) is 5.00. The maximum atomic E-state index is 9.87. The summed E-state index contributed by atoms with van der Waals surface area (Å²) in [7, 11) is 0. The molecule has 1 heterocycles. The Kier molecular flexibility index (Phi) is 3.04. The fourth-order valence-corrected chi connectivity index (χ4v) is 3.21. The van der Waals surface area contributed by atoms with E-state index < -0.39 is 0 Å². The zero-order valence-corrected chi connectivity index (χ0v) is 9.15. The van der Waals surface area contributed by atoms with Gasteiger partial charge in [-0.2, -0.15) is 0 Å². The van der Waals surface area contributed by atoms with Crippen LogP contribution in [-0.2, 0) is 12.8 Å². The molecule has 1 aromatic heterocycles. The molecule has 0 saturated heterocycles. The van der Waals surface area contributed by atoms with E-state index in [0.717, 1.165) is 17.7 Å². The lowest BCUT2D eigenvalue weighted by atomic mass is 10.1. The van der Waals surface area contributed by atoms with Crippen LogP contribution in [0.25, 0.3) is 0 Å². The molecule has 1 unspecified atom stereocenters. The molecule has 1 atom stereocenters. The monoisotopic (exact) mass is 208 g/mol. The maximum Gasteiger partial charge on any atom is 0.0885 e. The van der Waals surface area contributed by atoms with Crippen LogP contribution >= 0.6 is 11.3 Å². The number of aryl methyl sites for hydroxylation is 2. The molecule has 0 aliphatic heterocycles. The average Bonchev–Trinajstić information content (AvgIpc) is 2.72. The van der Waals surface area contributed by atoms with Crippen LogP contribution in [0.5, 0.6) is 0 Å². The van der Waals surface area contributed by atoms with Crippen molar-refractivity contribution < 1.29 is 5.11 Å². The molecule has 0 bridgehead atoms. The minimum absolute atomic E-state index is 0.274. The van der Waals surface area contributed by atoms with Crippen molar-refractivity contribution in [3.05, 3.63) is 34.0 Å². The third-order valence-electron chi connectivity index (χ3n) is 2.74. The first-order chi connectivity index (χ1) is 6.81. The van der Waals surface area contributed by atoms with E-state index in [9.17, 15) is 5.11 Å². The van der Waals surface area contributed by atoms with Crippen molar-refractivity contribution in [3.8, 4) is 0 Å². The van der Waals surface area contributed by atoms with Crippen LogP contribution in [0.4, 0.5) is 0 Å². The highest BCUT2D eigenvalue weighted by molar-refractivity contribution is 7.12. The number of aliphatic hydroxyl groups excluding tert-OH is 1. The molecule has 1 aliphatic rings. The number of aliphatic hydroxyl groups is 1. The molecule has 0 aromatic carbocycles. The predicted octanol–water partition coefficient (Wildman–Crippen LogP) is 3.24. The van der Waals surface area contributed by atoms with E-state index in [4.69, 9.17) is 0 Å². The van der Waals surface area contributed by atoms with Crippen LogP contribution < -0.4 is 0 Å². The van der Waals surface area contributed by atoms with Gasteiger partial charge in [-0.3, -0.25) is 0 Å². The van der Waals surface area contributed by atoms with E-state index in [1.165, 1.54) is 29.7 Å². The average molecular weight is 208 g/mol. The highest BCUT2D eigenvalue weighted by Crippen LogP contribution is 2.34. The van der Waals surface area contributed by atoms with Gasteiger partial charge in [0, 0.05) is 9.75 Å². The Morgan fingerprint density at radius 2 is 2.43 bits per heavy atom. The molecule has 76 valence electrons. The number of allylic oxidation sites excluding steroid dienone is 1. The first-order valence-electron chi connectivity index (χ1n) is 5.21. The van der Waals surface area contributed by atoms with Crippen molar-refractivity contribution in [2.75, 3.05) is 0 Å². The molecule has 2 rings (SSSR count). The Balaban J connectivity index is 2.05. The van der Waals surface area contributed by atoms with Crippen molar-refractivity contribution in [2.45, 2.75) is 38.2 Å². The van der Waals surface area contributed by atoms with Crippen molar-refractivity contribution >= 4 is 11.3 Å². The molecular formula is C12H16OS. The Labute approximate surface area is 89.1 Å². The predicted molar refractivity (Wildman–Crippen MR) is 60.7 cm³/mol. The number of hydrogen-bond acceptors (Lipinski definition) is 2. The number of rotatable bonds is 4. The van der Waals surface area contributed by atoms with Gasteiger partial charge in [-0.25, -0.2) is 0 Å². The topological polar surface area (TPSA) is 20.2 Å². The molecule has 0 amide bonds. The first kappa shape index (κ1) is 9.94. The summed E-state index contributed by atoms with van der Waals surface area (Å²) in [5.41, 5.74) is 1.47. The lowest BCUT2D eigenvalue weighted by Gasteiger charge is -2.05. The van der Waals surface area contributed by atoms with Gasteiger partial charge in [-0.1, -0.05) is 6.08 Å². The van der Waals surface area contributed by atoms with Crippen LogP contribution in [0.1, 0.15) is 40.7 Å². The van der Waals surface area contributed by atoms with Gasteiger partial charge in [-0.05, 0) is 43.7 Å². The summed E-state index contributed by atoms with van der Waals surface area (Å²) in [5, 5.41) is 9.87. The molecule has 2 heteroatoms. The summed E-state index contributed by atoms with van der Waals surface area (Å²) < 4.78 is 0. The SMILES string of the molecule is C=CCCC(O)c1cc2c(s1)CCC2. The van der Waals surface area contributed by atoms with Gasteiger partial charge in [0.15, 0.2) is 0 Å². The number of thiophene rings is 1. The third-order valence-corrected chi connectivity index (χ3v) is 4.08. The number of fused-ring (bicyclic) bond motifs is 1. The molecular weight excluding hydrogens is 192 g/mol. The van der Waals surface area contributed by atoms with Crippen molar-refractivity contribution in [3.63, 3.8) is 0 Å². The second kappa shape index (κ2) is 4.28. The highest BCUT2D eigenvalue weighted by Gasteiger charge is 2.18.